The molecule has 0 radical (unpaired) electrons. The summed E-state index contributed by atoms with van der Waals surface area (Å²) in [7, 11) is 0. The van der Waals surface area contributed by atoms with Crippen molar-refractivity contribution in [2.24, 2.45) is 5.73 Å². The van der Waals surface area contributed by atoms with Gasteiger partial charge in [-0.1, -0.05) is 12.1 Å². The molecule has 21 heavy (non-hydrogen) atoms. The maximum absolute atomic E-state index is 10.4. The van der Waals surface area contributed by atoms with Gasteiger partial charge in [-0.15, -0.1) is 0 Å². The zero-order chi connectivity index (χ0) is 15.7. The summed E-state index contributed by atoms with van der Waals surface area (Å²) >= 11 is 0. The first kappa shape index (κ1) is 15.9. The lowest BCUT2D eigenvalue weighted by molar-refractivity contribution is -0.131. The lowest BCUT2D eigenvalue weighted by atomic mass is 10.2. The number of amides is 1. The molecule has 4 N–H and O–H groups in total. The van der Waals surface area contributed by atoms with E-state index >= 15 is 0 Å². The third-order valence-electron chi connectivity index (χ3n) is 2.26. The van der Waals surface area contributed by atoms with E-state index in [0.29, 0.717) is 5.56 Å². The highest BCUT2D eigenvalue weighted by Crippen LogP contribution is 2.10. The van der Waals surface area contributed by atoms with Gasteiger partial charge in [0, 0.05) is 18.5 Å². The first-order valence-electron chi connectivity index (χ1n) is 5.89. The second-order valence-electron chi connectivity index (χ2n) is 3.87. The van der Waals surface area contributed by atoms with Crippen LogP contribution in [0.2, 0.25) is 0 Å². The van der Waals surface area contributed by atoms with Crippen molar-refractivity contribution in [2.75, 3.05) is 0 Å². The van der Waals surface area contributed by atoms with Gasteiger partial charge >= 0.3 is 5.97 Å². The average molecular weight is 286 g/mol. The van der Waals surface area contributed by atoms with Gasteiger partial charge in [0.1, 0.15) is 5.75 Å². The van der Waals surface area contributed by atoms with E-state index in [4.69, 9.17) is 15.9 Å². The Morgan fingerprint density at radius 2 is 1.81 bits per heavy atom. The normalized spacial score (nSPS) is 9.71. The number of aliphatic carboxylic acids is 1. The van der Waals surface area contributed by atoms with Crippen molar-refractivity contribution in [1.82, 2.24) is 4.98 Å². The zero-order valence-electron chi connectivity index (χ0n) is 11.0. The molecule has 1 aromatic heterocycles. The molecule has 0 saturated carbocycles. The van der Waals surface area contributed by atoms with Crippen molar-refractivity contribution in [3.8, 4) is 5.75 Å². The number of carbonyl (C=O) groups is 2. The number of carboxylic acid groups (broad SMARTS) is 1. The Morgan fingerprint density at radius 3 is 2.24 bits per heavy atom. The molecule has 0 aliphatic rings. The van der Waals surface area contributed by atoms with Gasteiger partial charge in [0.15, 0.2) is 0 Å². The largest absolute Gasteiger partial charge is 0.508 e. The van der Waals surface area contributed by atoms with Crippen molar-refractivity contribution in [3.63, 3.8) is 0 Å². The van der Waals surface area contributed by atoms with E-state index in [0.717, 1.165) is 11.6 Å². The van der Waals surface area contributed by atoms with Gasteiger partial charge in [0.25, 0.3) is 0 Å². The minimum absolute atomic E-state index is 0.169. The highest BCUT2D eigenvalue weighted by molar-refractivity contribution is 5.92. The fourth-order valence-electron chi connectivity index (χ4n) is 1.26. The lowest BCUT2D eigenvalue weighted by Gasteiger charge is -1.92. The molecule has 0 aliphatic carbocycles. The van der Waals surface area contributed by atoms with Crippen molar-refractivity contribution in [2.45, 2.75) is 0 Å². The van der Waals surface area contributed by atoms with Crippen molar-refractivity contribution < 1.29 is 19.8 Å². The summed E-state index contributed by atoms with van der Waals surface area (Å²) in [6.45, 7) is 0. The molecule has 1 amide bonds. The van der Waals surface area contributed by atoms with Crippen molar-refractivity contribution in [3.05, 3.63) is 66.0 Å². The molecule has 0 saturated heterocycles. The monoisotopic (exact) mass is 286 g/mol. The van der Waals surface area contributed by atoms with Crippen LogP contribution in [0.4, 0.5) is 0 Å². The Morgan fingerprint density at radius 1 is 1.14 bits per heavy atom. The number of carbonyl (C=O) groups excluding carboxylic acids is 1. The number of primary amides is 1. The van der Waals surface area contributed by atoms with Gasteiger partial charge in [-0.2, -0.15) is 0 Å². The molecular formula is C15H14N2O4. The van der Waals surface area contributed by atoms with Crippen LogP contribution in [-0.4, -0.2) is 27.1 Å². The van der Waals surface area contributed by atoms with E-state index in [1.165, 1.54) is 24.4 Å². The number of hydrogen-bond donors (Lipinski definition) is 3. The first-order chi connectivity index (χ1) is 9.99. The van der Waals surface area contributed by atoms with Crippen LogP contribution in [-0.2, 0) is 4.79 Å². The molecule has 1 aromatic carbocycles. The van der Waals surface area contributed by atoms with E-state index in [2.05, 4.69) is 4.98 Å². The quantitative estimate of drug-likeness (QED) is 0.743. The molecule has 1 heterocycles. The number of nitrogens with zero attached hydrogens (tertiary/aromatic N) is 1. The van der Waals surface area contributed by atoms with E-state index in [9.17, 15) is 9.59 Å². The third kappa shape index (κ3) is 6.53. The van der Waals surface area contributed by atoms with Crippen molar-refractivity contribution >= 4 is 18.0 Å². The molecule has 0 bridgehead atoms. The highest BCUT2D eigenvalue weighted by Gasteiger charge is 1.95. The number of phenols is 1. The Hall–Kier alpha value is -3.15. The van der Waals surface area contributed by atoms with E-state index in [1.807, 2.05) is 0 Å². The SMILES string of the molecule is NC(=O)c1cccnc1.O=C(O)/C=C/c1ccc(O)cc1. The summed E-state index contributed by atoms with van der Waals surface area (Å²) in [5.41, 5.74) is 6.12. The molecule has 2 aromatic rings. The van der Waals surface area contributed by atoms with Crippen LogP contribution in [0.1, 0.15) is 15.9 Å². The summed E-state index contributed by atoms with van der Waals surface area (Å²) in [6.07, 6.45) is 5.53. The fraction of sp³-hybridized carbons (Fsp3) is 0. The van der Waals surface area contributed by atoms with Gasteiger partial charge in [-0.25, -0.2) is 4.79 Å². The summed E-state index contributed by atoms with van der Waals surface area (Å²) in [5, 5.41) is 17.2. The van der Waals surface area contributed by atoms with Gasteiger partial charge in [0.2, 0.25) is 5.91 Å². The predicted molar refractivity (Wildman–Crippen MR) is 77.5 cm³/mol. The summed E-state index contributed by atoms with van der Waals surface area (Å²) in [4.78, 5) is 24.2. The number of benzene rings is 1. The smallest absolute Gasteiger partial charge is 0.328 e. The minimum Gasteiger partial charge on any atom is -0.508 e. The maximum atomic E-state index is 10.4. The Balaban J connectivity index is 0.000000219. The predicted octanol–water partition coefficient (Wildman–Crippen LogP) is 1.67. The topological polar surface area (TPSA) is 114 Å². The van der Waals surface area contributed by atoms with E-state index in [1.54, 1.807) is 30.5 Å². The molecule has 6 heteroatoms. The second kappa shape index (κ2) is 8.11. The lowest BCUT2D eigenvalue weighted by Crippen LogP contribution is -2.10. The number of nitrogens with two attached hydrogens (primary N) is 1. The summed E-state index contributed by atoms with van der Waals surface area (Å²) in [5.74, 6) is -1.26. The van der Waals surface area contributed by atoms with Gasteiger partial charge < -0.3 is 15.9 Å². The molecule has 0 unspecified atom stereocenters. The van der Waals surface area contributed by atoms with Crippen LogP contribution >= 0.6 is 0 Å². The average Bonchev–Trinajstić information content (AvgIpc) is 2.48. The van der Waals surface area contributed by atoms with E-state index in [-0.39, 0.29) is 5.75 Å². The minimum atomic E-state index is -0.983. The molecule has 0 fully saturated rings. The molecule has 0 aliphatic heterocycles. The number of pyridine rings is 1. The van der Waals surface area contributed by atoms with Crippen LogP contribution in [0.3, 0.4) is 0 Å². The second-order valence-corrected chi connectivity index (χ2v) is 3.87. The summed E-state index contributed by atoms with van der Waals surface area (Å²) in [6, 6.07) is 9.56. The highest BCUT2D eigenvalue weighted by atomic mass is 16.4. The van der Waals surface area contributed by atoms with Crippen LogP contribution in [0.25, 0.3) is 6.08 Å². The number of phenolic OH excluding ortho intramolecular Hbond substituents is 1. The number of carboxylic acids is 1. The third-order valence-corrected chi connectivity index (χ3v) is 2.26. The van der Waals surface area contributed by atoms with Crippen LogP contribution in [0.15, 0.2) is 54.9 Å². The number of rotatable bonds is 3. The first-order valence-corrected chi connectivity index (χ1v) is 5.89. The molecular weight excluding hydrogens is 272 g/mol. The molecule has 108 valence electrons. The van der Waals surface area contributed by atoms with Gasteiger partial charge in [-0.05, 0) is 35.9 Å². The zero-order valence-corrected chi connectivity index (χ0v) is 11.0. The van der Waals surface area contributed by atoms with Gasteiger partial charge in [-0.3, -0.25) is 9.78 Å². The Kier molecular flexibility index (Phi) is 6.14. The summed E-state index contributed by atoms with van der Waals surface area (Å²) < 4.78 is 0. The molecule has 2 rings (SSSR count). The molecule has 0 spiro atoms. The standard InChI is InChI=1S/C9H8O3.C6H6N2O/c10-8-4-1-7(2-5-8)3-6-9(11)12;7-6(9)5-2-1-3-8-4-5/h1-6,10H,(H,11,12);1-4H,(H2,7,9)/b6-3+;. The van der Waals surface area contributed by atoms with E-state index < -0.39 is 11.9 Å². The molecule has 6 nitrogen and oxygen atoms in total. The van der Waals surface area contributed by atoms with Gasteiger partial charge in [0.05, 0.1) is 5.56 Å². The van der Waals surface area contributed by atoms with Crippen LogP contribution < -0.4 is 5.73 Å². The van der Waals surface area contributed by atoms with Crippen LogP contribution in [0.5, 0.6) is 5.75 Å². The van der Waals surface area contributed by atoms with Crippen molar-refractivity contribution in [1.29, 1.82) is 0 Å². The Bertz CT molecular complexity index is 622. The Labute approximate surface area is 121 Å². The van der Waals surface area contributed by atoms with Crippen LogP contribution in [0, 0.1) is 0 Å². The maximum Gasteiger partial charge on any atom is 0.328 e. The number of aromatic nitrogens is 1. The fourth-order valence-corrected chi connectivity index (χ4v) is 1.26. The number of hydrogen-bond acceptors (Lipinski definition) is 4. The number of aromatic hydroxyl groups is 1. The molecule has 0 atom stereocenters.